The Morgan fingerprint density at radius 2 is 1.76 bits per heavy atom. The van der Waals surface area contributed by atoms with Crippen LogP contribution in [0.1, 0.15) is 32.0 Å². The van der Waals surface area contributed by atoms with Crippen LogP contribution in [0.2, 0.25) is 5.02 Å². The van der Waals surface area contributed by atoms with Crippen LogP contribution >= 0.6 is 24.0 Å². The number of hydrogen-bond acceptors (Lipinski definition) is 4. The summed E-state index contributed by atoms with van der Waals surface area (Å²) >= 11 is 6.63. The minimum atomic E-state index is -4.53. The van der Waals surface area contributed by atoms with Gasteiger partial charge in [0.25, 0.3) is 0 Å². The Bertz CT molecular complexity index is 1320. The van der Waals surface area contributed by atoms with Gasteiger partial charge in [0.1, 0.15) is 11.2 Å². The third-order valence-corrected chi connectivity index (χ3v) is 5.43. The number of ether oxygens (including phenoxy) is 1. The Kier molecular flexibility index (Phi) is 6.43. The molecule has 33 heavy (non-hydrogen) atoms. The fraction of sp³-hybridized carbons (Fsp3) is 0.318. The molecule has 0 amide bonds. The number of aryl methyl sites for hydroxylation is 1. The molecule has 0 unspecified atom stereocenters. The highest BCUT2D eigenvalue weighted by Gasteiger charge is 2.34. The van der Waals surface area contributed by atoms with Crippen molar-refractivity contribution in [2.24, 2.45) is 7.05 Å². The number of rotatable bonds is 3. The van der Waals surface area contributed by atoms with Crippen LogP contribution in [0, 0.1) is 0 Å². The van der Waals surface area contributed by atoms with Crippen LogP contribution in [0.3, 0.4) is 0 Å². The highest BCUT2D eigenvalue weighted by molar-refractivity contribution is 6.33. The number of aromatic amines is 1. The van der Waals surface area contributed by atoms with Crippen molar-refractivity contribution in [1.82, 2.24) is 24.7 Å². The van der Waals surface area contributed by atoms with Gasteiger partial charge in [-0.2, -0.15) is 18.3 Å². The van der Waals surface area contributed by atoms with Gasteiger partial charge in [-0.15, -0.1) is 12.4 Å². The number of hydrogen-bond donors (Lipinski definition) is 1. The molecule has 0 aliphatic carbocycles. The predicted octanol–water partition coefficient (Wildman–Crippen LogP) is 6.43. The molecule has 0 saturated heterocycles. The van der Waals surface area contributed by atoms with Crippen LogP contribution in [0.15, 0.2) is 30.3 Å². The lowest BCUT2D eigenvalue weighted by Crippen LogP contribution is -2.12. The average Bonchev–Trinajstić information content (AvgIpc) is 3.26. The Labute approximate surface area is 199 Å². The molecule has 0 fully saturated rings. The van der Waals surface area contributed by atoms with E-state index in [1.807, 2.05) is 20.8 Å². The van der Waals surface area contributed by atoms with Crippen LogP contribution in [0.25, 0.3) is 33.8 Å². The Morgan fingerprint density at radius 1 is 1.09 bits per heavy atom. The average molecular weight is 500 g/mol. The first-order valence-electron chi connectivity index (χ1n) is 9.76. The lowest BCUT2D eigenvalue weighted by molar-refractivity contribution is -0.137. The Hall–Kier alpha value is -2.78. The number of nitrogens with one attached hydrogen (secondary N) is 1. The molecule has 6 nitrogen and oxygen atoms in total. The van der Waals surface area contributed by atoms with Crippen molar-refractivity contribution in [3.63, 3.8) is 0 Å². The molecule has 0 spiro atoms. The zero-order valence-electron chi connectivity index (χ0n) is 18.5. The number of imidazole rings is 1. The minimum Gasteiger partial charge on any atom is -0.479 e. The summed E-state index contributed by atoms with van der Waals surface area (Å²) in [6.07, 6.45) is -4.53. The maximum absolute atomic E-state index is 13.5. The van der Waals surface area contributed by atoms with Gasteiger partial charge in [0, 0.05) is 18.0 Å². The number of aromatic nitrogens is 5. The molecule has 11 heteroatoms. The highest BCUT2D eigenvalue weighted by atomic mass is 35.5. The number of halogens is 5. The quantitative estimate of drug-likeness (QED) is 0.352. The number of pyridine rings is 1. The van der Waals surface area contributed by atoms with Gasteiger partial charge in [-0.1, -0.05) is 50.6 Å². The molecule has 176 valence electrons. The van der Waals surface area contributed by atoms with Gasteiger partial charge < -0.3 is 9.72 Å². The topological polar surface area (TPSA) is 68.6 Å². The number of methoxy groups -OCH3 is 1. The van der Waals surface area contributed by atoms with Gasteiger partial charge in [0.2, 0.25) is 5.88 Å². The summed E-state index contributed by atoms with van der Waals surface area (Å²) in [4.78, 5) is 12.0. The highest BCUT2D eigenvalue weighted by Crippen LogP contribution is 2.40. The second-order valence-electron chi connectivity index (χ2n) is 8.42. The molecular formula is C22H22Cl2F3N5O. The largest absolute Gasteiger partial charge is 0.479 e. The van der Waals surface area contributed by atoms with E-state index in [0.717, 1.165) is 6.07 Å². The third-order valence-electron chi connectivity index (χ3n) is 5.07. The summed E-state index contributed by atoms with van der Waals surface area (Å²) < 4.78 is 47.6. The van der Waals surface area contributed by atoms with Crippen molar-refractivity contribution in [2.75, 3.05) is 7.11 Å². The van der Waals surface area contributed by atoms with E-state index in [-0.39, 0.29) is 35.0 Å². The molecule has 0 aliphatic heterocycles. The lowest BCUT2D eigenvalue weighted by Gasteiger charge is -2.15. The zero-order valence-corrected chi connectivity index (χ0v) is 20.1. The first-order valence-corrected chi connectivity index (χ1v) is 10.1. The maximum atomic E-state index is 13.5. The Balaban J connectivity index is 0.00000306. The van der Waals surface area contributed by atoms with Gasteiger partial charge >= 0.3 is 6.18 Å². The fourth-order valence-corrected chi connectivity index (χ4v) is 4.10. The number of benzene rings is 1. The number of fused-ring (bicyclic) bond motifs is 1. The molecule has 1 N–H and O–H groups in total. The maximum Gasteiger partial charge on any atom is 0.417 e. The number of alkyl halides is 3. The van der Waals surface area contributed by atoms with E-state index in [1.54, 1.807) is 11.7 Å². The standard InChI is InChI=1S/C22H21ClF3N5O.ClH/c1-21(2,3)18-15(23)17(31(4)30-18)19-27-14-10-13(28-20(32-5)16(14)29-19)11-8-6-7-9-12(11)22(24,25)26;/h6-10H,1-5H3,(H,27,29);1H. The van der Waals surface area contributed by atoms with E-state index in [4.69, 9.17) is 16.3 Å². The van der Waals surface area contributed by atoms with Gasteiger partial charge in [-0.05, 0) is 12.1 Å². The van der Waals surface area contributed by atoms with E-state index in [1.165, 1.54) is 31.4 Å². The lowest BCUT2D eigenvalue weighted by atomic mass is 9.92. The molecule has 3 aromatic heterocycles. The second kappa shape index (κ2) is 8.53. The molecule has 4 aromatic rings. The van der Waals surface area contributed by atoms with Crippen LogP contribution < -0.4 is 4.74 Å². The smallest absolute Gasteiger partial charge is 0.417 e. The molecule has 0 saturated carbocycles. The van der Waals surface area contributed by atoms with Crippen LogP contribution in [-0.2, 0) is 18.6 Å². The first kappa shape index (κ1) is 24.9. The number of nitrogens with zero attached hydrogens (tertiary/aromatic N) is 4. The SMILES string of the molecule is COc1nc(-c2ccccc2C(F)(F)F)cc2nc(-c3c(Cl)c(C(C)(C)C)nn3C)[nH]c12.Cl. The molecular weight excluding hydrogens is 478 g/mol. The van der Waals surface area contributed by atoms with E-state index < -0.39 is 11.7 Å². The molecule has 1 aromatic carbocycles. The fourth-order valence-electron chi connectivity index (χ4n) is 3.57. The van der Waals surface area contributed by atoms with E-state index in [0.29, 0.717) is 33.3 Å². The minimum absolute atomic E-state index is 0. The normalized spacial score (nSPS) is 12.2. The number of H-pyrrole nitrogens is 1. The van der Waals surface area contributed by atoms with E-state index in [2.05, 4.69) is 20.1 Å². The monoisotopic (exact) mass is 499 g/mol. The van der Waals surface area contributed by atoms with E-state index in [9.17, 15) is 13.2 Å². The van der Waals surface area contributed by atoms with E-state index >= 15 is 0 Å². The van der Waals surface area contributed by atoms with Crippen molar-refractivity contribution >= 4 is 35.0 Å². The molecule has 0 radical (unpaired) electrons. The van der Waals surface area contributed by atoms with Crippen molar-refractivity contribution in [1.29, 1.82) is 0 Å². The molecule has 3 heterocycles. The van der Waals surface area contributed by atoms with Gasteiger partial charge in [-0.3, -0.25) is 4.68 Å². The van der Waals surface area contributed by atoms with Crippen molar-refractivity contribution in [2.45, 2.75) is 32.4 Å². The second-order valence-corrected chi connectivity index (χ2v) is 8.80. The van der Waals surface area contributed by atoms with Gasteiger partial charge in [0.05, 0.1) is 34.6 Å². The summed E-state index contributed by atoms with van der Waals surface area (Å²) in [6, 6.07) is 6.76. The van der Waals surface area contributed by atoms with Crippen molar-refractivity contribution < 1.29 is 17.9 Å². The van der Waals surface area contributed by atoms with Crippen molar-refractivity contribution in [3.8, 4) is 28.7 Å². The summed E-state index contributed by atoms with van der Waals surface area (Å²) in [5.41, 5.74) is 1.10. The summed E-state index contributed by atoms with van der Waals surface area (Å²) in [5.74, 6) is 0.541. The van der Waals surface area contributed by atoms with Gasteiger partial charge in [0.15, 0.2) is 5.82 Å². The molecule has 4 rings (SSSR count). The molecule has 0 bridgehead atoms. The summed E-state index contributed by atoms with van der Waals surface area (Å²) in [7, 11) is 3.15. The predicted molar refractivity (Wildman–Crippen MR) is 124 cm³/mol. The van der Waals surface area contributed by atoms with Crippen molar-refractivity contribution in [3.05, 3.63) is 46.6 Å². The molecule has 0 atom stereocenters. The summed E-state index contributed by atoms with van der Waals surface area (Å²) in [6.45, 7) is 6.00. The summed E-state index contributed by atoms with van der Waals surface area (Å²) in [5, 5.41) is 4.98. The van der Waals surface area contributed by atoms with Crippen LogP contribution in [-0.4, -0.2) is 31.8 Å². The van der Waals surface area contributed by atoms with Crippen LogP contribution in [0.4, 0.5) is 13.2 Å². The zero-order chi connectivity index (χ0) is 23.4. The third kappa shape index (κ3) is 4.39. The van der Waals surface area contributed by atoms with Crippen LogP contribution in [0.5, 0.6) is 5.88 Å². The molecule has 0 aliphatic rings. The Morgan fingerprint density at radius 3 is 2.33 bits per heavy atom. The first-order chi connectivity index (χ1) is 14.9. The van der Waals surface area contributed by atoms with Gasteiger partial charge in [-0.25, -0.2) is 9.97 Å².